The smallest absolute Gasteiger partial charge is 0.339 e. The molecular formula is C11H12FNO2. The molecule has 1 heterocycles. The highest BCUT2D eigenvalue weighted by atomic mass is 19.1. The van der Waals surface area contributed by atoms with Gasteiger partial charge in [-0.3, -0.25) is 0 Å². The minimum absolute atomic E-state index is 0.344. The van der Waals surface area contributed by atoms with Crippen LogP contribution in [0.2, 0.25) is 0 Å². The highest BCUT2D eigenvalue weighted by Gasteiger charge is 2.23. The lowest BCUT2D eigenvalue weighted by atomic mass is 10.2. The second kappa shape index (κ2) is 3.96. The summed E-state index contributed by atoms with van der Waals surface area (Å²) in [5.74, 6) is -0.458. The summed E-state index contributed by atoms with van der Waals surface area (Å²) >= 11 is 0. The first-order valence-electron chi connectivity index (χ1n) is 4.96. The van der Waals surface area contributed by atoms with Crippen molar-refractivity contribution in [1.82, 2.24) is 4.98 Å². The van der Waals surface area contributed by atoms with Crippen molar-refractivity contribution in [3.63, 3.8) is 0 Å². The summed E-state index contributed by atoms with van der Waals surface area (Å²) < 4.78 is 17.7. The molecule has 0 atom stereocenters. The van der Waals surface area contributed by atoms with Crippen LogP contribution in [0.1, 0.15) is 28.8 Å². The Kier molecular flexibility index (Phi) is 2.66. The van der Waals surface area contributed by atoms with Gasteiger partial charge in [-0.25, -0.2) is 9.78 Å². The number of pyridine rings is 1. The number of halogens is 1. The number of aryl methyl sites for hydroxylation is 1. The molecule has 0 amide bonds. The molecular weight excluding hydrogens is 197 g/mol. The van der Waals surface area contributed by atoms with Crippen LogP contribution >= 0.6 is 0 Å². The van der Waals surface area contributed by atoms with E-state index in [4.69, 9.17) is 4.74 Å². The fourth-order valence-electron chi connectivity index (χ4n) is 1.29. The first-order valence-corrected chi connectivity index (χ1v) is 4.96. The van der Waals surface area contributed by atoms with Gasteiger partial charge in [0.1, 0.15) is 0 Å². The van der Waals surface area contributed by atoms with E-state index in [9.17, 15) is 9.18 Å². The van der Waals surface area contributed by atoms with Crippen LogP contribution in [0.4, 0.5) is 4.39 Å². The van der Waals surface area contributed by atoms with Crippen molar-refractivity contribution >= 4 is 5.97 Å². The highest BCUT2D eigenvalue weighted by Crippen LogP contribution is 2.29. The molecule has 0 aromatic carbocycles. The number of carbonyl (C=O) groups excluding carboxylic acids is 1. The lowest BCUT2D eigenvalue weighted by Gasteiger charge is -2.05. The van der Waals surface area contributed by atoms with Gasteiger partial charge in [0.25, 0.3) is 0 Å². The average molecular weight is 209 g/mol. The van der Waals surface area contributed by atoms with Gasteiger partial charge in [-0.2, -0.15) is 4.39 Å². The van der Waals surface area contributed by atoms with Crippen LogP contribution in [0.3, 0.4) is 0 Å². The van der Waals surface area contributed by atoms with Crippen LogP contribution in [0.25, 0.3) is 0 Å². The minimum atomic E-state index is -0.578. The Morgan fingerprint density at radius 2 is 2.40 bits per heavy atom. The van der Waals surface area contributed by atoms with E-state index in [-0.39, 0.29) is 0 Å². The summed E-state index contributed by atoms with van der Waals surface area (Å²) in [6.45, 7) is 2.13. The molecule has 4 heteroatoms. The maximum atomic E-state index is 12.7. The third-order valence-electron chi connectivity index (χ3n) is 2.44. The van der Waals surface area contributed by atoms with E-state index < -0.39 is 11.9 Å². The van der Waals surface area contributed by atoms with Gasteiger partial charge in [-0.15, -0.1) is 0 Å². The van der Waals surface area contributed by atoms with E-state index in [0.717, 1.165) is 12.8 Å². The molecule has 1 saturated carbocycles. The third-order valence-corrected chi connectivity index (χ3v) is 2.44. The summed E-state index contributed by atoms with van der Waals surface area (Å²) in [7, 11) is 0. The van der Waals surface area contributed by atoms with E-state index in [1.165, 1.54) is 12.3 Å². The highest BCUT2D eigenvalue weighted by molar-refractivity contribution is 5.90. The molecule has 0 bridgehead atoms. The van der Waals surface area contributed by atoms with Crippen molar-refractivity contribution in [3.8, 4) is 0 Å². The van der Waals surface area contributed by atoms with Crippen LogP contribution in [-0.2, 0) is 4.74 Å². The van der Waals surface area contributed by atoms with Crippen molar-refractivity contribution in [2.75, 3.05) is 6.61 Å². The summed E-state index contributed by atoms with van der Waals surface area (Å²) in [4.78, 5) is 15.0. The van der Waals surface area contributed by atoms with Gasteiger partial charge >= 0.3 is 5.97 Å². The monoisotopic (exact) mass is 209 g/mol. The standard InChI is InChI=1S/C11H12FNO2/c1-7-4-10(12)13-5-9(7)11(14)15-6-8-2-3-8/h4-5,8H,2-3,6H2,1H3. The van der Waals surface area contributed by atoms with Gasteiger partial charge in [0.2, 0.25) is 5.95 Å². The summed E-state index contributed by atoms with van der Waals surface area (Å²) in [6.07, 6.45) is 3.49. The van der Waals surface area contributed by atoms with Crippen LogP contribution in [0, 0.1) is 18.8 Å². The largest absolute Gasteiger partial charge is 0.462 e. The average Bonchev–Trinajstić information content (AvgIpc) is 2.97. The summed E-state index contributed by atoms with van der Waals surface area (Å²) in [6, 6.07) is 1.23. The first-order chi connectivity index (χ1) is 7.16. The van der Waals surface area contributed by atoms with Crippen LogP contribution in [-0.4, -0.2) is 17.6 Å². The van der Waals surface area contributed by atoms with Crippen molar-refractivity contribution in [2.24, 2.45) is 5.92 Å². The molecule has 2 rings (SSSR count). The van der Waals surface area contributed by atoms with Gasteiger partial charge in [0, 0.05) is 6.20 Å². The second-order valence-corrected chi connectivity index (χ2v) is 3.86. The van der Waals surface area contributed by atoms with Crippen molar-refractivity contribution in [1.29, 1.82) is 0 Å². The molecule has 0 spiro atoms. The zero-order valence-corrected chi connectivity index (χ0v) is 8.50. The Balaban J connectivity index is 2.03. The Morgan fingerprint density at radius 1 is 1.67 bits per heavy atom. The molecule has 1 aliphatic rings. The normalized spacial score (nSPS) is 15.1. The molecule has 1 fully saturated rings. The van der Waals surface area contributed by atoms with E-state index >= 15 is 0 Å². The zero-order valence-electron chi connectivity index (χ0n) is 8.50. The minimum Gasteiger partial charge on any atom is -0.462 e. The fraction of sp³-hybridized carbons (Fsp3) is 0.455. The number of ether oxygens (including phenoxy) is 1. The van der Waals surface area contributed by atoms with E-state index in [2.05, 4.69) is 4.98 Å². The van der Waals surface area contributed by atoms with Gasteiger partial charge in [-0.05, 0) is 37.3 Å². The van der Waals surface area contributed by atoms with Crippen molar-refractivity contribution < 1.29 is 13.9 Å². The topological polar surface area (TPSA) is 39.2 Å². The maximum Gasteiger partial charge on any atom is 0.339 e. The number of rotatable bonds is 3. The lowest BCUT2D eigenvalue weighted by molar-refractivity contribution is 0.0484. The number of hydrogen-bond donors (Lipinski definition) is 0. The van der Waals surface area contributed by atoms with Crippen molar-refractivity contribution in [2.45, 2.75) is 19.8 Å². The van der Waals surface area contributed by atoms with Crippen LogP contribution in [0.5, 0.6) is 0 Å². The molecule has 15 heavy (non-hydrogen) atoms. The first kappa shape index (κ1) is 10.1. The molecule has 1 aromatic rings. The third kappa shape index (κ3) is 2.52. The molecule has 0 N–H and O–H groups in total. The maximum absolute atomic E-state index is 12.7. The molecule has 0 aliphatic heterocycles. The summed E-state index contributed by atoms with van der Waals surface area (Å²) in [5, 5.41) is 0. The Labute approximate surface area is 87.3 Å². The number of carbonyl (C=O) groups is 1. The molecule has 80 valence electrons. The SMILES string of the molecule is Cc1cc(F)ncc1C(=O)OCC1CC1. The van der Waals surface area contributed by atoms with E-state index in [1.54, 1.807) is 6.92 Å². The van der Waals surface area contributed by atoms with Crippen LogP contribution < -0.4 is 0 Å². The number of nitrogens with zero attached hydrogens (tertiary/aromatic N) is 1. The quantitative estimate of drug-likeness (QED) is 0.565. The van der Waals surface area contributed by atoms with Crippen LogP contribution in [0.15, 0.2) is 12.3 Å². The predicted octanol–water partition coefficient (Wildman–Crippen LogP) is 2.10. The Hall–Kier alpha value is -1.45. The molecule has 0 unspecified atom stereocenters. The molecule has 1 aliphatic carbocycles. The second-order valence-electron chi connectivity index (χ2n) is 3.86. The predicted molar refractivity (Wildman–Crippen MR) is 51.9 cm³/mol. The van der Waals surface area contributed by atoms with Gasteiger partial charge in [0.15, 0.2) is 0 Å². The number of esters is 1. The number of hydrogen-bond acceptors (Lipinski definition) is 3. The molecule has 0 radical (unpaired) electrons. The lowest BCUT2D eigenvalue weighted by Crippen LogP contribution is -2.10. The van der Waals surface area contributed by atoms with Gasteiger partial charge in [-0.1, -0.05) is 0 Å². The number of aromatic nitrogens is 1. The van der Waals surface area contributed by atoms with E-state index in [1.807, 2.05) is 0 Å². The zero-order chi connectivity index (χ0) is 10.8. The van der Waals surface area contributed by atoms with Gasteiger partial charge < -0.3 is 4.74 Å². The Bertz CT molecular complexity index is 388. The fourth-order valence-corrected chi connectivity index (χ4v) is 1.29. The molecule has 3 nitrogen and oxygen atoms in total. The van der Waals surface area contributed by atoms with Gasteiger partial charge in [0.05, 0.1) is 12.2 Å². The Morgan fingerprint density at radius 3 is 3.00 bits per heavy atom. The van der Waals surface area contributed by atoms with Crippen molar-refractivity contribution in [3.05, 3.63) is 29.3 Å². The van der Waals surface area contributed by atoms with E-state index in [0.29, 0.717) is 23.7 Å². The summed E-state index contributed by atoms with van der Waals surface area (Å²) in [5.41, 5.74) is 0.903. The molecule has 0 saturated heterocycles. The molecule has 1 aromatic heterocycles.